The van der Waals surface area contributed by atoms with Gasteiger partial charge in [-0.3, -0.25) is 4.79 Å². The maximum Gasteiger partial charge on any atom is 0.237 e. The Morgan fingerprint density at radius 1 is 0.968 bits per heavy atom. The molecule has 5 heteroatoms. The second-order valence-corrected chi connectivity index (χ2v) is 9.46. The van der Waals surface area contributed by atoms with Gasteiger partial charge in [0.25, 0.3) is 0 Å². The third kappa shape index (κ3) is 3.10. The summed E-state index contributed by atoms with van der Waals surface area (Å²) in [5.74, 6) is -0.0207. The Bertz CT molecular complexity index is 1190. The molecule has 0 aliphatic carbocycles. The molecule has 31 heavy (non-hydrogen) atoms. The summed E-state index contributed by atoms with van der Waals surface area (Å²) >= 11 is 12.7. The summed E-state index contributed by atoms with van der Waals surface area (Å²) in [5.41, 5.74) is 5.65. The summed E-state index contributed by atoms with van der Waals surface area (Å²) in [4.78, 5) is 13.9. The van der Waals surface area contributed by atoms with Crippen molar-refractivity contribution in [2.45, 2.75) is 37.6 Å². The molecule has 2 aliphatic heterocycles. The molecule has 5 rings (SSSR count). The van der Waals surface area contributed by atoms with Gasteiger partial charge in [0.05, 0.1) is 6.04 Å². The number of fused-ring (bicyclic) bond motifs is 2. The predicted octanol–water partition coefficient (Wildman–Crippen LogP) is 6.32. The molecule has 0 saturated carbocycles. The number of anilines is 1. The van der Waals surface area contributed by atoms with Crippen molar-refractivity contribution < 1.29 is 4.79 Å². The van der Waals surface area contributed by atoms with Gasteiger partial charge in [-0.1, -0.05) is 59.6 Å². The monoisotopic (exact) mass is 450 g/mol. The topological polar surface area (TPSA) is 41.1 Å². The zero-order valence-corrected chi connectivity index (χ0v) is 19.0. The van der Waals surface area contributed by atoms with E-state index in [1.807, 2.05) is 36.4 Å². The van der Waals surface area contributed by atoms with Crippen LogP contribution >= 0.6 is 23.2 Å². The molecule has 3 aromatic carbocycles. The molecule has 3 nitrogen and oxygen atoms in total. The number of nitrogens with one attached hydrogen (secondary N) is 2. The number of hydrogen-bond acceptors (Lipinski definition) is 2. The maximum atomic E-state index is 13.9. The van der Waals surface area contributed by atoms with Crippen molar-refractivity contribution in [3.8, 4) is 0 Å². The van der Waals surface area contributed by atoms with Gasteiger partial charge < -0.3 is 10.6 Å². The Morgan fingerprint density at radius 3 is 2.55 bits per heavy atom. The highest BCUT2D eigenvalue weighted by Crippen LogP contribution is 2.57. The van der Waals surface area contributed by atoms with Crippen molar-refractivity contribution in [1.29, 1.82) is 0 Å². The van der Waals surface area contributed by atoms with Gasteiger partial charge in [0.15, 0.2) is 0 Å². The number of carbonyl (C=O) groups excluding carboxylic acids is 1. The number of amides is 1. The molecule has 0 radical (unpaired) electrons. The predicted molar refractivity (Wildman–Crippen MR) is 127 cm³/mol. The number of piperidine rings is 1. The Balaban J connectivity index is 1.80. The summed E-state index contributed by atoms with van der Waals surface area (Å²) < 4.78 is 0. The third-order valence-corrected chi connectivity index (χ3v) is 7.52. The number of benzene rings is 3. The van der Waals surface area contributed by atoms with E-state index in [2.05, 4.69) is 48.7 Å². The van der Waals surface area contributed by atoms with E-state index in [9.17, 15) is 4.79 Å². The fourth-order valence-corrected chi connectivity index (χ4v) is 5.89. The fraction of sp³-hybridized carbons (Fsp3) is 0.269. The molecule has 2 heterocycles. The Hall–Kier alpha value is -2.33. The number of hydrogen-bond donors (Lipinski definition) is 2. The van der Waals surface area contributed by atoms with E-state index in [-0.39, 0.29) is 17.9 Å². The third-order valence-electron chi connectivity index (χ3n) is 7.05. The number of rotatable bonds is 2. The molecule has 0 aromatic heterocycles. The lowest BCUT2D eigenvalue weighted by atomic mass is 9.59. The minimum atomic E-state index is -0.804. The van der Waals surface area contributed by atoms with Crippen molar-refractivity contribution in [3.05, 3.63) is 98.5 Å². The van der Waals surface area contributed by atoms with Gasteiger partial charge in [0, 0.05) is 21.7 Å². The summed E-state index contributed by atoms with van der Waals surface area (Å²) in [5, 5.41) is 8.16. The molecule has 1 amide bonds. The second kappa shape index (κ2) is 7.67. The zero-order chi connectivity index (χ0) is 21.8. The van der Waals surface area contributed by atoms with Crippen LogP contribution < -0.4 is 10.6 Å². The fourth-order valence-electron chi connectivity index (χ4n) is 5.52. The first-order valence-corrected chi connectivity index (χ1v) is 11.3. The summed E-state index contributed by atoms with van der Waals surface area (Å²) in [7, 11) is 0. The minimum absolute atomic E-state index is 0.00727. The van der Waals surface area contributed by atoms with Gasteiger partial charge in [0.2, 0.25) is 5.91 Å². The van der Waals surface area contributed by atoms with E-state index >= 15 is 0 Å². The highest BCUT2D eigenvalue weighted by molar-refractivity contribution is 6.31. The van der Waals surface area contributed by atoms with Gasteiger partial charge in [-0.2, -0.15) is 0 Å². The molecule has 1 fully saturated rings. The number of carbonyl (C=O) groups is 1. The van der Waals surface area contributed by atoms with Crippen LogP contribution in [0.25, 0.3) is 0 Å². The summed E-state index contributed by atoms with van der Waals surface area (Å²) in [6.45, 7) is 5.07. The van der Waals surface area contributed by atoms with Crippen molar-refractivity contribution in [3.63, 3.8) is 0 Å². The van der Waals surface area contributed by atoms with Gasteiger partial charge in [-0.15, -0.1) is 0 Å². The first kappa shape index (κ1) is 20.6. The van der Waals surface area contributed by atoms with E-state index < -0.39 is 5.41 Å². The van der Waals surface area contributed by atoms with Crippen LogP contribution in [0.15, 0.2) is 60.7 Å². The quantitative estimate of drug-likeness (QED) is 0.479. The molecule has 1 saturated heterocycles. The smallest absolute Gasteiger partial charge is 0.237 e. The standard InChI is InChI=1S/C26H24Cl2N2O/c1-15-5-3-8-20(16(15)2)24-26(22-10-9-19(28)14-23(22)30-25(26)31)21(11-12-29-24)17-6-4-7-18(27)13-17/h3-10,13-14,21,24,29H,11-12H2,1-2H3,(H,30,31). The van der Waals surface area contributed by atoms with Crippen LogP contribution in [-0.4, -0.2) is 12.5 Å². The van der Waals surface area contributed by atoms with E-state index in [4.69, 9.17) is 23.2 Å². The van der Waals surface area contributed by atoms with Gasteiger partial charge in [0.1, 0.15) is 5.41 Å². The molecule has 0 bridgehead atoms. The lowest BCUT2D eigenvalue weighted by molar-refractivity contribution is -0.123. The van der Waals surface area contributed by atoms with Crippen LogP contribution in [0.5, 0.6) is 0 Å². The Morgan fingerprint density at radius 2 is 1.74 bits per heavy atom. The summed E-state index contributed by atoms with van der Waals surface area (Å²) in [6.07, 6.45) is 0.831. The average molecular weight is 451 g/mol. The van der Waals surface area contributed by atoms with Crippen LogP contribution in [0.4, 0.5) is 5.69 Å². The van der Waals surface area contributed by atoms with Crippen LogP contribution in [0.2, 0.25) is 10.0 Å². The largest absolute Gasteiger partial charge is 0.325 e. The lowest BCUT2D eigenvalue weighted by Crippen LogP contribution is -2.55. The molecule has 3 aromatic rings. The molecule has 1 spiro atoms. The first-order valence-electron chi connectivity index (χ1n) is 10.6. The number of halogens is 2. The Kier molecular flexibility index (Phi) is 5.09. The SMILES string of the molecule is Cc1cccc(C2NCCC(c3cccc(Cl)c3)C23C(=O)Nc2cc(Cl)ccc23)c1C. The lowest BCUT2D eigenvalue weighted by Gasteiger charge is -2.47. The minimum Gasteiger partial charge on any atom is -0.325 e. The molecule has 3 atom stereocenters. The first-order chi connectivity index (χ1) is 14.9. The van der Waals surface area contributed by atoms with Crippen molar-refractivity contribution in [2.24, 2.45) is 0 Å². The van der Waals surface area contributed by atoms with Crippen LogP contribution in [0, 0.1) is 13.8 Å². The maximum absolute atomic E-state index is 13.9. The van der Waals surface area contributed by atoms with Crippen molar-refractivity contribution >= 4 is 34.8 Å². The molecular formula is C26H24Cl2N2O. The molecule has 2 aliphatic rings. The molecular weight excluding hydrogens is 427 g/mol. The van der Waals surface area contributed by atoms with Crippen LogP contribution in [0.3, 0.4) is 0 Å². The molecule has 2 N–H and O–H groups in total. The highest BCUT2D eigenvalue weighted by atomic mass is 35.5. The molecule has 3 unspecified atom stereocenters. The number of aryl methyl sites for hydroxylation is 1. The zero-order valence-electron chi connectivity index (χ0n) is 17.5. The van der Waals surface area contributed by atoms with Crippen LogP contribution in [0.1, 0.15) is 46.2 Å². The van der Waals surface area contributed by atoms with Crippen LogP contribution in [-0.2, 0) is 10.2 Å². The van der Waals surface area contributed by atoms with Gasteiger partial charge in [-0.25, -0.2) is 0 Å². The van der Waals surface area contributed by atoms with Gasteiger partial charge in [-0.05, 0) is 78.9 Å². The average Bonchev–Trinajstić information content (AvgIpc) is 3.02. The van der Waals surface area contributed by atoms with E-state index in [1.54, 1.807) is 0 Å². The Labute approximate surface area is 192 Å². The van der Waals surface area contributed by atoms with E-state index in [0.717, 1.165) is 35.3 Å². The highest BCUT2D eigenvalue weighted by Gasteiger charge is 2.59. The second-order valence-electron chi connectivity index (χ2n) is 8.59. The van der Waals surface area contributed by atoms with E-state index in [1.165, 1.54) is 11.1 Å². The normalized spacial score (nSPS) is 24.8. The van der Waals surface area contributed by atoms with Crippen molar-refractivity contribution in [2.75, 3.05) is 11.9 Å². The van der Waals surface area contributed by atoms with E-state index in [0.29, 0.717) is 10.0 Å². The summed E-state index contributed by atoms with van der Waals surface area (Å²) in [6, 6.07) is 19.8. The van der Waals surface area contributed by atoms with Gasteiger partial charge >= 0.3 is 0 Å². The molecule has 158 valence electrons. The van der Waals surface area contributed by atoms with Crippen molar-refractivity contribution in [1.82, 2.24) is 5.32 Å².